The van der Waals surface area contributed by atoms with E-state index in [1.807, 2.05) is 32.0 Å². The number of H-pyrrole nitrogens is 1. The molecule has 7 heteroatoms. The van der Waals surface area contributed by atoms with Crippen LogP contribution in [0.3, 0.4) is 0 Å². The number of nitrogens with two attached hydrogens (primary N) is 1. The Kier molecular flexibility index (Phi) is 4.87. The monoisotopic (exact) mass is 318 g/mol. The van der Waals surface area contributed by atoms with Gasteiger partial charge in [0, 0.05) is 11.8 Å². The second-order valence-corrected chi connectivity index (χ2v) is 6.32. The largest absolute Gasteiger partial charge is 0.383 e. The van der Waals surface area contributed by atoms with Gasteiger partial charge in [-0.3, -0.25) is 9.59 Å². The van der Waals surface area contributed by atoms with Crippen molar-refractivity contribution in [3.8, 4) is 0 Å². The van der Waals surface area contributed by atoms with E-state index in [1.54, 1.807) is 6.92 Å². The predicted octanol–water partition coefficient (Wildman–Crippen LogP) is 2.09. The molecular weight excluding hydrogens is 300 g/mol. The number of anilines is 2. The van der Waals surface area contributed by atoms with E-state index in [4.69, 9.17) is 5.73 Å². The number of thioether (sulfide) groups is 1. The molecule has 2 rings (SSSR count). The number of nitrogens with zero attached hydrogens (tertiary/aromatic N) is 1. The molecule has 0 saturated carbocycles. The molecule has 0 fully saturated rings. The molecule has 0 bridgehead atoms. The lowest BCUT2D eigenvalue weighted by Crippen LogP contribution is -2.24. The standard InChI is InChI=1S/C15H18N4O2S/c1-8-5-4-6-9(2)13(8)19-14(21)10(3)22-15-17-11(16)7-12(20)18-15/h4-7,10H,1-3H3,(H,19,21)(H3,16,17,18,20). The number of hydrogen-bond acceptors (Lipinski definition) is 5. The third-order valence-electron chi connectivity index (χ3n) is 3.13. The molecule has 0 aliphatic heterocycles. The molecule has 116 valence electrons. The summed E-state index contributed by atoms with van der Waals surface area (Å²) < 4.78 is 0. The molecule has 4 N–H and O–H groups in total. The fraction of sp³-hybridized carbons (Fsp3) is 0.267. The highest BCUT2D eigenvalue weighted by molar-refractivity contribution is 8.00. The Labute approximate surface area is 132 Å². The van der Waals surface area contributed by atoms with Crippen LogP contribution in [-0.2, 0) is 4.79 Å². The van der Waals surface area contributed by atoms with E-state index in [1.165, 1.54) is 6.07 Å². The van der Waals surface area contributed by atoms with Gasteiger partial charge in [-0.1, -0.05) is 30.0 Å². The van der Waals surface area contributed by atoms with Gasteiger partial charge in [0.1, 0.15) is 5.82 Å². The van der Waals surface area contributed by atoms with Crippen LogP contribution in [0.1, 0.15) is 18.1 Å². The average molecular weight is 318 g/mol. The SMILES string of the molecule is Cc1cccc(C)c1NC(=O)C(C)Sc1nc(N)cc(=O)[nH]1. The summed E-state index contributed by atoms with van der Waals surface area (Å²) >= 11 is 1.15. The van der Waals surface area contributed by atoms with Crippen molar-refractivity contribution in [1.29, 1.82) is 0 Å². The van der Waals surface area contributed by atoms with Gasteiger partial charge in [-0.2, -0.15) is 0 Å². The van der Waals surface area contributed by atoms with Crippen molar-refractivity contribution in [2.75, 3.05) is 11.1 Å². The maximum atomic E-state index is 12.3. The van der Waals surface area contributed by atoms with Gasteiger partial charge in [-0.25, -0.2) is 4.98 Å². The van der Waals surface area contributed by atoms with Crippen LogP contribution >= 0.6 is 11.8 Å². The van der Waals surface area contributed by atoms with Gasteiger partial charge in [-0.05, 0) is 31.9 Å². The Bertz CT molecular complexity index is 737. The third-order valence-corrected chi connectivity index (χ3v) is 4.11. The maximum Gasteiger partial charge on any atom is 0.253 e. The quantitative estimate of drug-likeness (QED) is 0.592. The first-order valence-electron chi connectivity index (χ1n) is 6.77. The predicted molar refractivity (Wildman–Crippen MR) is 89.1 cm³/mol. The molecule has 1 aromatic heterocycles. The van der Waals surface area contributed by atoms with Crippen molar-refractivity contribution in [1.82, 2.24) is 9.97 Å². The molecule has 6 nitrogen and oxygen atoms in total. The summed E-state index contributed by atoms with van der Waals surface area (Å²) in [5.74, 6) is -0.0268. The molecule has 2 aromatic rings. The van der Waals surface area contributed by atoms with Crippen molar-refractivity contribution < 1.29 is 4.79 Å². The van der Waals surface area contributed by atoms with Crippen LogP contribution in [-0.4, -0.2) is 21.1 Å². The molecule has 0 aliphatic carbocycles. The van der Waals surface area contributed by atoms with E-state index in [9.17, 15) is 9.59 Å². The fourth-order valence-corrected chi connectivity index (χ4v) is 2.78. The van der Waals surface area contributed by atoms with Gasteiger partial charge >= 0.3 is 0 Å². The Morgan fingerprint density at radius 1 is 1.36 bits per heavy atom. The van der Waals surface area contributed by atoms with Crippen molar-refractivity contribution in [2.45, 2.75) is 31.2 Å². The van der Waals surface area contributed by atoms with E-state index in [-0.39, 0.29) is 17.3 Å². The van der Waals surface area contributed by atoms with Crippen molar-refractivity contribution in [3.05, 3.63) is 45.7 Å². The minimum absolute atomic E-state index is 0.133. The van der Waals surface area contributed by atoms with Crippen molar-refractivity contribution in [2.24, 2.45) is 0 Å². The van der Waals surface area contributed by atoms with Crippen molar-refractivity contribution >= 4 is 29.2 Å². The molecule has 0 saturated heterocycles. The molecule has 1 amide bonds. The van der Waals surface area contributed by atoms with Crippen LogP contribution < -0.4 is 16.6 Å². The Morgan fingerprint density at radius 2 is 2.00 bits per heavy atom. The second-order valence-electron chi connectivity index (χ2n) is 4.99. The minimum atomic E-state index is -0.427. The van der Waals surface area contributed by atoms with Crippen molar-refractivity contribution in [3.63, 3.8) is 0 Å². The summed E-state index contributed by atoms with van der Waals surface area (Å²) in [6.07, 6.45) is 0. The maximum absolute atomic E-state index is 12.3. The third kappa shape index (κ3) is 3.88. The number of para-hydroxylation sites is 1. The van der Waals surface area contributed by atoms with Crippen LogP contribution in [0.15, 0.2) is 34.2 Å². The zero-order valence-corrected chi connectivity index (χ0v) is 13.5. The molecule has 1 unspecified atom stereocenters. The van der Waals surface area contributed by atoms with E-state index in [2.05, 4.69) is 15.3 Å². The molecular formula is C15H18N4O2S. The van der Waals surface area contributed by atoms with E-state index >= 15 is 0 Å². The van der Waals surface area contributed by atoms with Gasteiger partial charge in [0.2, 0.25) is 5.91 Å². The highest BCUT2D eigenvalue weighted by Gasteiger charge is 2.17. The number of benzene rings is 1. The number of aryl methyl sites for hydroxylation is 2. The number of nitrogen functional groups attached to an aromatic ring is 1. The number of nitrogens with one attached hydrogen (secondary N) is 2. The summed E-state index contributed by atoms with van der Waals surface area (Å²) in [5, 5.41) is 2.82. The first-order valence-corrected chi connectivity index (χ1v) is 7.65. The number of aromatic amines is 1. The van der Waals surface area contributed by atoms with Crippen LogP contribution in [0.2, 0.25) is 0 Å². The summed E-state index contributed by atoms with van der Waals surface area (Å²) in [5.41, 5.74) is 8.01. The minimum Gasteiger partial charge on any atom is -0.383 e. The van der Waals surface area contributed by atoms with Crippen LogP contribution in [0.4, 0.5) is 11.5 Å². The Hall–Kier alpha value is -2.28. The molecule has 1 heterocycles. The number of aromatic nitrogens is 2. The lowest BCUT2D eigenvalue weighted by molar-refractivity contribution is -0.115. The number of rotatable bonds is 4. The van der Waals surface area contributed by atoms with Crippen LogP contribution in [0.5, 0.6) is 0 Å². The van der Waals surface area contributed by atoms with Gasteiger partial charge in [-0.15, -0.1) is 0 Å². The molecule has 1 aromatic carbocycles. The van der Waals surface area contributed by atoms with E-state index < -0.39 is 5.25 Å². The zero-order valence-electron chi connectivity index (χ0n) is 12.6. The van der Waals surface area contributed by atoms with E-state index in [0.29, 0.717) is 5.16 Å². The van der Waals surface area contributed by atoms with Crippen LogP contribution in [0.25, 0.3) is 0 Å². The molecule has 0 spiro atoms. The first-order chi connectivity index (χ1) is 10.4. The molecule has 1 atom stereocenters. The first kappa shape index (κ1) is 16.1. The normalized spacial score (nSPS) is 12.0. The Morgan fingerprint density at radius 3 is 2.59 bits per heavy atom. The Balaban J connectivity index is 2.11. The second kappa shape index (κ2) is 6.65. The lowest BCUT2D eigenvalue weighted by atomic mass is 10.1. The molecule has 22 heavy (non-hydrogen) atoms. The number of carbonyl (C=O) groups is 1. The number of carbonyl (C=O) groups excluding carboxylic acids is 1. The lowest BCUT2D eigenvalue weighted by Gasteiger charge is -2.15. The molecule has 0 radical (unpaired) electrons. The van der Waals surface area contributed by atoms with Crippen LogP contribution in [0, 0.1) is 13.8 Å². The highest BCUT2D eigenvalue weighted by Crippen LogP contribution is 2.23. The average Bonchev–Trinajstić information content (AvgIpc) is 2.41. The van der Waals surface area contributed by atoms with Gasteiger partial charge in [0.05, 0.1) is 5.25 Å². The zero-order chi connectivity index (χ0) is 16.3. The fourth-order valence-electron chi connectivity index (χ4n) is 1.97. The van der Waals surface area contributed by atoms with Gasteiger partial charge in [0.25, 0.3) is 5.56 Å². The highest BCUT2D eigenvalue weighted by atomic mass is 32.2. The molecule has 0 aliphatic rings. The van der Waals surface area contributed by atoms with Gasteiger partial charge in [0.15, 0.2) is 5.16 Å². The summed E-state index contributed by atoms with van der Waals surface area (Å²) in [4.78, 5) is 30.2. The smallest absolute Gasteiger partial charge is 0.253 e. The summed E-state index contributed by atoms with van der Waals surface area (Å²) in [6.45, 7) is 5.63. The number of hydrogen-bond donors (Lipinski definition) is 3. The summed E-state index contributed by atoms with van der Waals surface area (Å²) in [7, 11) is 0. The van der Waals surface area contributed by atoms with Gasteiger partial charge < -0.3 is 16.0 Å². The topological polar surface area (TPSA) is 101 Å². The van der Waals surface area contributed by atoms with E-state index in [0.717, 1.165) is 28.6 Å². The summed E-state index contributed by atoms with van der Waals surface area (Å²) in [6, 6.07) is 7.03. The number of amides is 1.